The van der Waals surface area contributed by atoms with Crippen LogP contribution in [-0.4, -0.2) is 21.2 Å². The Bertz CT molecular complexity index is 1080. The average molecular weight is 353 g/mol. The summed E-state index contributed by atoms with van der Waals surface area (Å²) < 4.78 is 1.26. The number of carbonyl (C=O) groups is 2. The maximum Gasteiger partial charge on any atom is 0.284 e. The van der Waals surface area contributed by atoms with E-state index in [1.165, 1.54) is 10.5 Å². The summed E-state index contributed by atoms with van der Waals surface area (Å²) >= 11 is 1.09. The van der Waals surface area contributed by atoms with Crippen LogP contribution in [0, 0.1) is 6.92 Å². The van der Waals surface area contributed by atoms with E-state index < -0.39 is 11.8 Å². The van der Waals surface area contributed by atoms with Crippen molar-refractivity contribution < 1.29 is 9.59 Å². The molecule has 6 nitrogen and oxygen atoms in total. The maximum absolute atomic E-state index is 12.9. The zero-order valence-corrected chi connectivity index (χ0v) is 14.6. The fraction of sp³-hybridized carbons (Fsp3) is 0.222. The number of aromatic nitrogens is 2. The minimum atomic E-state index is -0.484. The molecule has 1 aliphatic rings. The summed E-state index contributed by atoms with van der Waals surface area (Å²) in [7, 11) is 0. The third-order valence-electron chi connectivity index (χ3n) is 4.17. The Labute approximate surface area is 147 Å². The molecule has 4 rings (SSSR count). The molecule has 0 bridgehead atoms. The van der Waals surface area contributed by atoms with Gasteiger partial charge in [0.2, 0.25) is 0 Å². The molecule has 0 aliphatic carbocycles. The van der Waals surface area contributed by atoms with Gasteiger partial charge in [-0.2, -0.15) is 0 Å². The van der Waals surface area contributed by atoms with Crippen LogP contribution in [0.15, 0.2) is 35.1 Å². The first-order valence-electron chi connectivity index (χ1n) is 8.02. The third kappa shape index (κ3) is 2.31. The molecule has 2 aromatic heterocycles. The lowest BCUT2D eigenvalue weighted by Crippen LogP contribution is -2.31. The number of hydrogen-bond acceptors (Lipinski definition) is 5. The Morgan fingerprint density at radius 2 is 1.80 bits per heavy atom. The van der Waals surface area contributed by atoms with Crippen LogP contribution in [0.25, 0.3) is 4.96 Å². The second kappa shape index (κ2) is 5.63. The Kier molecular flexibility index (Phi) is 3.54. The quantitative estimate of drug-likeness (QED) is 0.679. The van der Waals surface area contributed by atoms with Crippen LogP contribution < -0.4 is 10.5 Å². The average Bonchev–Trinajstić information content (AvgIpc) is 3.06. The summed E-state index contributed by atoms with van der Waals surface area (Å²) in [6.45, 7) is 3.94. The second-order valence-electron chi connectivity index (χ2n) is 6.01. The van der Waals surface area contributed by atoms with Gasteiger partial charge in [-0.25, -0.2) is 14.3 Å². The highest BCUT2D eigenvalue weighted by Gasteiger charge is 2.41. The molecular weight excluding hydrogens is 338 g/mol. The number of carbonyl (C=O) groups excluding carboxylic acids is 2. The van der Waals surface area contributed by atoms with Crippen molar-refractivity contribution in [2.45, 2.75) is 26.7 Å². The van der Waals surface area contributed by atoms with Gasteiger partial charge in [-0.1, -0.05) is 42.4 Å². The van der Waals surface area contributed by atoms with Gasteiger partial charge < -0.3 is 0 Å². The van der Waals surface area contributed by atoms with Gasteiger partial charge in [-0.15, -0.1) is 0 Å². The van der Waals surface area contributed by atoms with Crippen molar-refractivity contribution in [2.24, 2.45) is 0 Å². The van der Waals surface area contributed by atoms with Gasteiger partial charge in [0, 0.05) is 11.8 Å². The maximum atomic E-state index is 12.9. The number of fused-ring (bicyclic) bond motifs is 3. The van der Waals surface area contributed by atoms with Crippen molar-refractivity contribution in [2.75, 3.05) is 4.90 Å². The SMILES string of the molecule is CCCc1cc(=O)n2c3c(sc2n1)C(=O)N(c1ccc(C)cc1)C3=O. The molecule has 0 radical (unpaired) electrons. The molecule has 7 heteroatoms. The Morgan fingerprint density at radius 3 is 2.48 bits per heavy atom. The van der Waals surface area contributed by atoms with Crippen molar-refractivity contribution >= 4 is 33.8 Å². The van der Waals surface area contributed by atoms with Crippen LogP contribution in [0.4, 0.5) is 5.69 Å². The largest absolute Gasteiger partial charge is 0.284 e. The lowest BCUT2D eigenvalue weighted by Gasteiger charge is -2.14. The van der Waals surface area contributed by atoms with E-state index in [4.69, 9.17) is 0 Å². The van der Waals surface area contributed by atoms with Crippen molar-refractivity contribution in [3.63, 3.8) is 0 Å². The number of hydrogen-bond donors (Lipinski definition) is 0. The standard InChI is InChI=1S/C18H15N3O3S/c1-3-4-11-9-13(22)21-14-15(25-18(21)19-11)17(24)20(16(14)23)12-7-5-10(2)6-8-12/h5-9H,3-4H2,1-2H3. The number of imide groups is 1. The fourth-order valence-electron chi connectivity index (χ4n) is 2.97. The summed E-state index contributed by atoms with van der Waals surface area (Å²) in [4.78, 5) is 44.3. The number of amides is 2. The first-order chi connectivity index (χ1) is 12.0. The van der Waals surface area contributed by atoms with E-state index >= 15 is 0 Å². The van der Waals surface area contributed by atoms with Crippen LogP contribution in [0.5, 0.6) is 0 Å². The lowest BCUT2D eigenvalue weighted by atomic mass is 10.2. The zero-order valence-electron chi connectivity index (χ0n) is 13.8. The van der Waals surface area contributed by atoms with Crippen molar-refractivity contribution in [3.8, 4) is 0 Å². The van der Waals surface area contributed by atoms with Crippen molar-refractivity contribution in [1.82, 2.24) is 9.38 Å². The van der Waals surface area contributed by atoms with Crippen LogP contribution in [0.2, 0.25) is 0 Å². The summed E-state index contributed by atoms with van der Waals surface area (Å²) in [6.07, 6.45) is 1.55. The summed E-state index contributed by atoms with van der Waals surface area (Å²) in [5, 5.41) is 0. The van der Waals surface area contributed by atoms with E-state index in [-0.39, 0.29) is 16.1 Å². The van der Waals surface area contributed by atoms with Crippen LogP contribution >= 0.6 is 11.3 Å². The highest BCUT2D eigenvalue weighted by atomic mass is 32.1. The minimum Gasteiger partial charge on any atom is -0.269 e. The molecule has 0 N–H and O–H groups in total. The van der Waals surface area contributed by atoms with Crippen LogP contribution in [0.1, 0.15) is 44.8 Å². The molecule has 126 valence electrons. The number of rotatable bonds is 3. The number of anilines is 1. The zero-order chi connectivity index (χ0) is 17.7. The van der Waals surface area contributed by atoms with E-state index in [1.54, 1.807) is 12.1 Å². The molecule has 3 aromatic rings. The van der Waals surface area contributed by atoms with Crippen molar-refractivity contribution in [3.05, 3.63) is 62.5 Å². The topological polar surface area (TPSA) is 71.8 Å². The van der Waals surface area contributed by atoms with Crippen LogP contribution in [-0.2, 0) is 6.42 Å². The molecule has 1 aliphatic heterocycles. The van der Waals surface area contributed by atoms with Gasteiger partial charge in [0.05, 0.1) is 5.69 Å². The first-order valence-corrected chi connectivity index (χ1v) is 8.84. The second-order valence-corrected chi connectivity index (χ2v) is 6.99. The van der Waals surface area contributed by atoms with E-state index in [0.717, 1.165) is 28.2 Å². The summed E-state index contributed by atoms with van der Waals surface area (Å²) in [6, 6.07) is 8.57. The molecule has 0 saturated heterocycles. The lowest BCUT2D eigenvalue weighted by molar-refractivity contribution is 0.0925. The van der Waals surface area contributed by atoms with Gasteiger partial charge in [0.25, 0.3) is 17.4 Å². The molecule has 3 heterocycles. The van der Waals surface area contributed by atoms with Crippen molar-refractivity contribution in [1.29, 1.82) is 0 Å². The Morgan fingerprint density at radius 1 is 1.08 bits per heavy atom. The monoisotopic (exact) mass is 353 g/mol. The molecular formula is C18H15N3O3S. The highest BCUT2D eigenvalue weighted by molar-refractivity contribution is 7.19. The van der Waals surface area contributed by atoms with Gasteiger partial charge in [0.1, 0.15) is 10.6 Å². The Balaban J connectivity index is 1.87. The van der Waals surface area contributed by atoms with E-state index in [1.807, 2.05) is 26.0 Å². The molecule has 0 saturated carbocycles. The molecule has 25 heavy (non-hydrogen) atoms. The number of aryl methyl sites for hydroxylation is 2. The molecule has 0 fully saturated rings. The highest BCUT2D eigenvalue weighted by Crippen LogP contribution is 2.33. The molecule has 2 amide bonds. The third-order valence-corrected chi connectivity index (χ3v) is 5.20. The number of benzene rings is 1. The molecule has 1 aromatic carbocycles. The molecule has 0 atom stereocenters. The predicted molar refractivity (Wildman–Crippen MR) is 95.7 cm³/mol. The predicted octanol–water partition coefficient (Wildman–Crippen LogP) is 2.82. The molecule has 0 spiro atoms. The Hall–Kier alpha value is -2.80. The van der Waals surface area contributed by atoms with Gasteiger partial charge in [-0.05, 0) is 25.5 Å². The summed E-state index contributed by atoms with van der Waals surface area (Å²) in [5.41, 5.74) is 2.01. The first kappa shape index (κ1) is 15.7. The molecule has 0 unspecified atom stereocenters. The van der Waals surface area contributed by atoms with Crippen LogP contribution in [0.3, 0.4) is 0 Å². The van der Waals surface area contributed by atoms with Gasteiger partial charge in [0.15, 0.2) is 4.96 Å². The van der Waals surface area contributed by atoms with E-state index in [0.29, 0.717) is 22.8 Å². The van der Waals surface area contributed by atoms with Gasteiger partial charge in [-0.3, -0.25) is 14.4 Å². The minimum absolute atomic E-state index is 0.117. The smallest absolute Gasteiger partial charge is 0.269 e. The number of thiazole rings is 1. The van der Waals surface area contributed by atoms with Gasteiger partial charge >= 0.3 is 0 Å². The fourth-order valence-corrected chi connectivity index (χ4v) is 4.04. The normalized spacial score (nSPS) is 13.8. The van der Waals surface area contributed by atoms with E-state index in [9.17, 15) is 14.4 Å². The summed E-state index contributed by atoms with van der Waals surface area (Å²) in [5.74, 6) is -0.891. The number of nitrogens with zero attached hydrogens (tertiary/aromatic N) is 3. The van der Waals surface area contributed by atoms with E-state index in [2.05, 4.69) is 4.98 Å².